The van der Waals surface area contributed by atoms with Crippen molar-refractivity contribution in [3.8, 4) is 0 Å². The summed E-state index contributed by atoms with van der Waals surface area (Å²) in [5.74, 6) is 0.940. The number of hydrogen-bond acceptors (Lipinski definition) is 2. The largest absolute Gasteiger partial charge is 0.313 e. The van der Waals surface area contributed by atoms with E-state index in [0.717, 1.165) is 24.5 Å². The first-order valence-corrected chi connectivity index (χ1v) is 6.28. The molecule has 0 radical (unpaired) electrons. The zero-order chi connectivity index (χ0) is 9.97. The first-order chi connectivity index (χ1) is 6.81. The minimum Gasteiger partial charge on any atom is -0.313 e. The molecular weight excluding hydrogens is 172 g/mol. The Morgan fingerprint density at radius 2 is 2.14 bits per heavy atom. The quantitative estimate of drug-likeness (QED) is 0.741. The minimum atomic E-state index is 0.771. The smallest absolute Gasteiger partial charge is 0.0207 e. The van der Waals surface area contributed by atoms with Crippen molar-refractivity contribution in [2.75, 3.05) is 19.6 Å². The number of hydrogen-bond donors (Lipinski definition) is 1. The van der Waals surface area contributed by atoms with E-state index in [-0.39, 0.29) is 0 Å². The zero-order valence-electron chi connectivity index (χ0n) is 9.63. The van der Waals surface area contributed by atoms with Gasteiger partial charge in [0.2, 0.25) is 0 Å². The number of likely N-dealkylation sites (N-methyl/N-ethyl adjacent to an activating group) is 1. The summed E-state index contributed by atoms with van der Waals surface area (Å²) < 4.78 is 0. The van der Waals surface area contributed by atoms with Crippen LogP contribution >= 0.6 is 0 Å². The van der Waals surface area contributed by atoms with E-state index in [4.69, 9.17) is 0 Å². The van der Waals surface area contributed by atoms with E-state index >= 15 is 0 Å². The average Bonchev–Trinajstić information content (AvgIpc) is 2.74. The number of likely N-dealkylation sites (tertiary alicyclic amines) is 1. The van der Waals surface area contributed by atoms with Gasteiger partial charge in [-0.2, -0.15) is 0 Å². The number of rotatable bonds is 3. The molecule has 1 saturated carbocycles. The topological polar surface area (TPSA) is 15.3 Å². The summed E-state index contributed by atoms with van der Waals surface area (Å²) in [5.41, 5.74) is 0. The first-order valence-electron chi connectivity index (χ1n) is 6.28. The van der Waals surface area contributed by atoms with Crippen molar-refractivity contribution in [2.24, 2.45) is 5.92 Å². The van der Waals surface area contributed by atoms with E-state index in [9.17, 15) is 0 Å². The lowest BCUT2D eigenvalue weighted by molar-refractivity contribution is 0.201. The molecular formula is C12H24N2. The maximum absolute atomic E-state index is 3.57. The molecule has 2 nitrogen and oxygen atoms in total. The maximum atomic E-state index is 3.57. The summed E-state index contributed by atoms with van der Waals surface area (Å²) in [5, 5.41) is 3.57. The molecule has 0 aromatic carbocycles. The van der Waals surface area contributed by atoms with Crippen LogP contribution in [0.5, 0.6) is 0 Å². The van der Waals surface area contributed by atoms with Crippen LogP contribution in [0.2, 0.25) is 0 Å². The molecule has 82 valence electrons. The van der Waals surface area contributed by atoms with Gasteiger partial charge < -0.3 is 5.32 Å². The van der Waals surface area contributed by atoms with Gasteiger partial charge in [0.05, 0.1) is 0 Å². The molecule has 2 rings (SSSR count). The average molecular weight is 196 g/mol. The van der Waals surface area contributed by atoms with Crippen LogP contribution < -0.4 is 5.32 Å². The van der Waals surface area contributed by atoms with Crippen molar-refractivity contribution in [3.05, 3.63) is 0 Å². The molecule has 14 heavy (non-hydrogen) atoms. The normalized spacial score (nSPS) is 39.4. The highest BCUT2D eigenvalue weighted by atomic mass is 15.2. The molecule has 1 heterocycles. The van der Waals surface area contributed by atoms with E-state index in [2.05, 4.69) is 24.1 Å². The van der Waals surface area contributed by atoms with Crippen LogP contribution in [0.4, 0.5) is 0 Å². The van der Waals surface area contributed by atoms with Gasteiger partial charge in [-0.3, -0.25) is 4.90 Å². The van der Waals surface area contributed by atoms with E-state index in [0.29, 0.717) is 0 Å². The summed E-state index contributed by atoms with van der Waals surface area (Å²) in [6.07, 6.45) is 5.71. The van der Waals surface area contributed by atoms with Crippen LogP contribution in [-0.2, 0) is 0 Å². The van der Waals surface area contributed by atoms with Gasteiger partial charge in [0, 0.05) is 25.2 Å². The summed E-state index contributed by atoms with van der Waals surface area (Å²) >= 11 is 0. The second-order valence-corrected chi connectivity index (χ2v) is 5.01. The number of nitrogens with zero attached hydrogens (tertiary/aromatic N) is 1. The van der Waals surface area contributed by atoms with Crippen LogP contribution in [0.15, 0.2) is 0 Å². The lowest BCUT2D eigenvalue weighted by atomic mass is 10.1. The summed E-state index contributed by atoms with van der Waals surface area (Å²) in [6.45, 7) is 8.38. The third-order valence-corrected chi connectivity index (χ3v) is 4.00. The standard InChI is InChI=1S/C12H24N2/c1-3-13-11-7-8-14(9-11)12-6-4-5-10(12)2/h10-13H,3-9H2,1-2H3. The summed E-state index contributed by atoms with van der Waals surface area (Å²) in [7, 11) is 0. The molecule has 2 aliphatic rings. The van der Waals surface area contributed by atoms with E-state index in [1.165, 1.54) is 38.8 Å². The lowest BCUT2D eigenvalue weighted by Crippen LogP contribution is -2.38. The first kappa shape index (κ1) is 10.4. The Hall–Kier alpha value is -0.0800. The van der Waals surface area contributed by atoms with Crippen LogP contribution in [0.1, 0.15) is 39.5 Å². The van der Waals surface area contributed by atoms with Gasteiger partial charge in [0.15, 0.2) is 0 Å². The molecule has 3 atom stereocenters. The molecule has 2 heteroatoms. The van der Waals surface area contributed by atoms with Crippen LogP contribution in [0.25, 0.3) is 0 Å². The van der Waals surface area contributed by atoms with Gasteiger partial charge >= 0.3 is 0 Å². The fourth-order valence-corrected chi connectivity index (χ4v) is 3.21. The molecule has 0 amide bonds. The molecule has 3 unspecified atom stereocenters. The fourth-order valence-electron chi connectivity index (χ4n) is 3.21. The van der Waals surface area contributed by atoms with Crippen molar-refractivity contribution < 1.29 is 0 Å². The number of nitrogens with one attached hydrogen (secondary N) is 1. The molecule has 1 N–H and O–H groups in total. The molecule has 0 spiro atoms. The van der Waals surface area contributed by atoms with Gasteiger partial charge in [-0.05, 0) is 31.7 Å². The van der Waals surface area contributed by atoms with E-state index in [1.807, 2.05) is 0 Å². The fraction of sp³-hybridized carbons (Fsp3) is 1.00. The Morgan fingerprint density at radius 3 is 2.79 bits per heavy atom. The van der Waals surface area contributed by atoms with Crippen molar-refractivity contribution in [1.82, 2.24) is 10.2 Å². The predicted octanol–water partition coefficient (Wildman–Crippen LogP) is 1.86. The highest BCUT2D eigenvalue weighted by molar-refractivity contribution is 4.89. The SMILES string of the molecule is CCNC1CCN(C2CCCC2C)C1. The monoisotopic (exact) mass is 196 g/mol. The Kier molecular flexibility index (Phi) is 3.45. The lowest BCUT2D eigenvalue weighted by Gasteiger charge is -2.27. The highest BCUT2D eigenvalue weighted by Gasteiger charge is 2.33. The van der Waals surface area contributed by atoms with E-state index < -0.39 is 0 Å². The van der Waals surface area contributed by atoms with Crippen molar-refractivity contribution >= 4 is 0 Å². The second kappa shape index (κ2) is 4.63. The molecule has 0 aromatic heterocycles. The second-order valence-electron chi connectivity index (χ2n) is 5.01. The van der Waals surface area contributed by atoms with Crippen molar-refractivity contribution in [2.45, 2.75) is 51.6 Å². The van der Waals surface area contributed by atoms with E-state index in [1.54, 1.807) is 0 Å². The molecule has 1 aliphatic carbocycles. The van der Waals surface area contributed by atoms with Gasteiger partial charge in [-0.1, -0.05) is 20.3 Å². The van der Waals surface area contributed by atoms with Crippen LogP contribution in [0, 0.1) is 5.92 Å². The summed E-state index contributed by atoms with van der Waals surface area (Å²) in [4.78, 5) is 2.73. The van der Waals surface area contributed by atoms with Crippen molar-refractivity contribution in [3.63, 3.8) is 0 Å². The Labute approximate surface area is 88.1 Å². The summed E-state index contributed by atoms with van der Waals surface area (Å²) in [6, 6.07) is 1.67. The van der Waals surface area contributed by atoms with Crippen molar-refractivity contribution in [1.29, 1.82) is 0 Å². The van der Waals surface area contributed by atoms with Gasteiger partial charge in [-0.25, -0.2) is 0 Å². The van der Waals surface area contributed by atoms with Gasteiger partial charge in [0.1, 0.15) is 0 Å². The predicted molar refractivity (Wildman–Crippen MR) is 60.5 cm³/mol. The zero-order valence-corrected chi connectivity index (χ0v) is 9.63. The highest BCUT2D eigenvalue weighted by Crippen LogP contribution is 2.31. The minimum absolute atomic E-state index is 0.771. The van der Waals surface area contributed by atoms with Crippen LogP contribution in [0.3, 0.4) is 0 Å². The van der Waals surface area contributed by atoms with Crippen LogP contribution in [-0.4, -0.2) is 36.6 Å². The van der Waals surface area contributed by atoms with Gasteiger partial charge in [0.25, 0.3) is 0 Å². The third-order valence-electron chi connectivity index (χ3n) is 4.00. The third kappa shape index (κ3) is 2.12. The Balaban J connectivity index is 1.82. The molecule has 2 fully saturated rings. The molecule has 0 bridgehead atoms. The molecule has 1 saturated heterocycles. The Bertz CT molecular complexity index is 181. The Morgan fingerprint density at radius 1 is 1.29 bits per heavy atom. The molecule has 0 aromatic rings. The maximum Gasteiger partial charge on any atom is 0.0207 e. The van der Waals surface area contributed by atoms with Gasteiger partial charge in [-0.15, -0.1) is 0 Å². The molecule has 1 aliphatic heterocycles.